The number of hydrogen-bond acceptors (Lipinski definition) is 5. The maximum atomic E-state index is 12.5. The van der Waals surface area contributed by atoms with Gasteiger partial charge >= 0.3 is 0 Å². The van der Waals surface area contributed by atoms with Crippen LogP contribution in [0.15, 0.2) is 90.0 Å². The summed E-state index contributed by atoms with van der Waals surface area (Å²) < 4.78 is 31.6. The van der Waals surface area contributed by atoms with Gasteiger partial charge in [0, 0.05) is 0 Å². The molecule has 0 spiro atoms. The smallest absolute Gasteiger partial charge is 0.263 e. The molecule has 0 heterocycles. The molecule has 3 rings (SSSR count). The van der Waals surface area contributed by atoms with E-state index < -0.39 is 22.0 Å². The van der Waals surface area contributed by atoms with Crippen molar-refractivity contribution < 1.29 is 17.9 Å². The highest BCUT2D eigenvalue weighted by atomic mass is 32.2. The van der Waals surface area contributed by atoms with Gasteiger partial charge in [0.15, 0.2) is 0 Å². The van der Waals surface area contributed by atoms with Crippen molar-refractivity contribution in [3.63, 3.8) is 0 Å². The molecule has 3 aromatic carbocycles. The Morgan fingerprint density at radius 2 is 1.48 bits per heavy atom. The van der Waals surface area contributed by atoms with Gasteiger partial charge in [-0.25, -0.2) is 13.8 Å². The lowest BCUT2D eigenvalue weighted by Crippen LogP contribution is -2.46. The van der Waals surface area contributed by atoms with Gasteiger partial charge in [-0.1, -0.05) is 48.5 Å². The molecular formula is C23H23N3O4S. The van der Waals surface area contributed by atoms with Crippen LogP contribution in [0.4, 0.5) is 5.69 Å². The van der Waals surface area contributed by atoms with Crippen molar-refractivity contribution in [1.82, 2.24) is 5.43 Å². The summed E-state index contributed by atoms with van der Waals surface area (Å²) in [5, 5.41) is 3.92. The molecule has 0 saturated carbocycles. The molecule has 0 aromatic heterocycles. The van der Waals surface area contributed by atoms with Crippen LogP contribution in [-0.4, -0.2) is 32.8 Å². The zero-order valence-electron chi connectivity index (χ0n) is 17.2. The summed E-state index contributed by atoms with van der Waals surface area (Å²) in [6, 6.07) is 24.0. The number of anilines is 1. The molecule has 0 saturated heterocycles. The van der Waals surface area contributed by atoms with Gasteiger partial charge in [-0.15, -0.1) is 0 Å². The number of hydrogen-bond donors (Lipinski definition) is 1. The summed E-state index contributed by atoms with van der Waals surface area (Å²) in [6.45, 7) is 1.50. The van der Waals surface area contributed by atoms with Gasteiger partial charge in [0.1, 0.15) is 17.5 Å². The minimum absolute atomic E-state index is 0.345. The first-order chi connectivity index (χ1) is 14.8. The van der Waals surface area contributed by atoms with Gasteiger partial charge in [-0.3, -0.25) is 9.10 Å². The molecule has 0 radical (unpaired) electrons. The minimum atomic E-state index is -3.73. The quantitative estimate of drug-likeness (QED) is 0.429. The third-order valence-corrected chi connectivity index (χ3v) is 5.59. The number of nitrogens with one attached hydrogen (secondary N) is 1. The minimum Gasteiger partial charge on any atom is -0.457 e. The van der Waals surface area contributed by atoms with Crippen LogP contribution in [0.3, 0.4) is 0 Å². The number of nitrogens with zero attached hydrogens (tertiary/aromatic N) is 2. The van der Waals surface area contributed by atoms with Crippen LogP contribution in [0.25, 0.3) is 0 Å². The standard InChI is InChI=1S/C23H23N3O4S/c1-18(23(27)25-24-17-19-9-5-3-6-10-19)26(31(2,28)29)20-13-15-22(16-14-20)30-21-11-7-4-8-12-21/h3-18H,1-2H3,(H,25,27)/b24-17-/t18-/m0/s1. The largest absolute Gasteiger partial charge is 0.457 e. The maximum Gasteiger partial charge on any atom is 0.263 e. The van der Waals surface area contributed by atoms with Crippen molar-refractivity contribution in [2.24, 2.45) is 5.10 Å². The van der Waals surface area contributed by atoms with Gasteiger partial charge in [0.2, 0.25) is 10.0 Å². The Hall–Kier alpha value is -3.65. The molecule has 0 aliphatic carbocycles. The fraction of sp³-hybridized carbons (Fsp3) is 0.130. The molecule has 0 fully saturated rings. The van der Waals surface area contributed by atoms with E-state index in [9.17, 15) is 13.2 Å². The van der Waals surface area contributed by atoms with Crippen molar-refractivity contribution in [3.05, 3.63) is 90.5 Å². The highest BCUT2D eigenvalue weighted by molar-refractivity contribution is 7.92. The van der Waals surface area contributed by atoms with Gasteiger partial charge in [-0.05, 0) is 48.9 Å². The van der Waals surface area contributed by atoms with Crippen molar-refractivity contribution in [1.29, 1.82) is 0 Å². The highest BCUT2D eigenvalue weighted by Gasteiger charge is 2.29. The number of carbonyl (C=O) groups excluding carboxylic acids is 1. The summed E-state index contributed by atoms with van der Waals surface area (Å²) in [7, 11) is -3.73. The molecule has 1 amide bonds. The van der Waals surface area contributed by atoms with E-state index in [1.165, 1.54) is 13.1 Å². The fourth-order valence-electron chi connectivity index (χ4n) is 2.90. The van der Waals surface area contributed by atoms with Gasteiger partial charge in [-0.2, -0.15) is 5.10 Å². The Morgan fingerprint density at radius 1 is 0.935 bits per heavy atom. The van der Waals surface area contributed by atoms with E-state index in [0.717, 1.165) is 16.1 Å². The molecule has 1 atom stereocenters. The number of rotatable bonds is 8. The molecule has 7 nitrogen and oxygen atoms in total. The third kappa shape index (κ3) is 6.16. The van der Waals surface area contributed by atoms with Crippen LogP contribution in [0.1, 0.15) is 12.5 Å². The van der Waals surface area contributed by atoms with E-state index in [4.69, 9.17) is 4.74 Å². The summed E-state index contributed by atoms with van der Waals surface area (Å²) in [5.41, 5.74) is 3.55. The van der Waals surface area contributed by atoms with Crippen LogP contribution < -0.4 is 14.5 Å². The molecule has 8 heteroatoms. The topological polar surface area (TPSA) is 88.1 Å². The van der Waals surface area contributed by atoms with Gasteiger partial charge < -0.3 is 4.74 Å². The second kappa shape index (κ2) is 9.90. The molecule has 160 valence electrons. The molecule has 0 unspecified atom stereocenters. The molecule has 0 aliphatic heterocycles. The first kappa shape index (κ1) is 22.0. The van der Waals surface area contributed by atoms with E-state index in [-0.39, 0.29) is 0 Å². The first-order valence-corrected chi connectivity index (χ1v) is 11.4. The molecule has 0 aliphatic rings. The number of amides is 1. The SMILES string of the molecule is C[C@@H](C(=O)N/N=C\c1ccccc1)N(c1ccc(Oc2ccccc2)cc1)S(C)(=O)=O. The second-order valence-electron chi connectivity index (χ2n) is 6.79. The molecule has 31 heavy (non-hydrogen) atoms. The summed E-state index contributed by atoms with van der Waals surface area (Å²) in [6.07, 6.45) is 2.55. The molecule has 3 aromatic rings. The lowest BCUT2D eigenvalue weighted by molar-refractivity contribution is -0.121. The Morgan fingerprint density at radius 3 is 2.06 bits per heavy atom. The number of carbonyl (C=O) groups is 1. The van der Waals surface area contributed by atoms with Crippen LogP contribution >= 0.6 is 0 Å². The fourth-order valence-corrected chi connectivity index (χ4v) is 4.07. The maximum absolute atomic E-state index is 12.5. The van der Waals surface area contributed by atoms with Crippen molar-refractivity contribution in [3.8, 4) is 11.5 Å². The summed E-state index contributed by atoms with van der Waals surface area (Å²) in [4.78, 5) is 12.5. The zero-order valence-corrected chi connectivity index (χ0v) is 18.0. The van der Waals surface area contributed by atoms with Crippen molar-refractivity contribution in [2.45, 2.75) is 13.0 Å². The molecular weight excluding hydrogens is 414 g/mol. The predicted octanol–water partition coefficient (Wildman–Crippen LogP) is 3.78. The molecule has 0 bridgehead atoms. The summed E-state index contributed by atoms with van der Waals surface area (Å²) >= 11 is 0. The highest BCUT2D eigenvalue weighted by Crippen LogP contribution is 2.26. The number of benzene rings is 3. The van der Waals surface area contributed by atoms with Gasteiger partial charge in [0.25, 0.3) is 5.91 Å². The van der Waals surface area contributed by atoms with Crippen LogP contribution in [0, 0.1) is 0 Å². The summed E-state index contributed by atoms with van der Waals surface area (Å²) in [5.74, 6) is 0.662. The van der Waals surface area contributed by atoms with Crippen LogP contribution in [0.5, 0.6) is 11.5 Å². The average molecular weight is 438 g/mol. The van der Waals surface area contributed by atoms with Crippen molar-refractivity contribution >= 4 is 27.8 Å². The Balaban J connectivity index is 1.73. The third-order valence-electron chi connectivity index (χ3n) is 4.35. The number of sulfonamides is 1. The van der Waals surface area contributed by atoms with Crippen LogP contribution in [-0.2, 0) is 14.8 Å². The number of ether oxygens (including phenoxy) is 1. The first-order valence-electron chi connectivity index (χ1n) is 9.55. The zero-order chi connectivity index (χ0) is 22.3. The Kier molecular flexibility index (Phi) is 7.04. The average Bonchev–Trinajstić information content (AvgIpc) is 2.75. The number of hydrazone groups is 1. The monoisotopic (exact) mass is 437 g/mol. The number of para-hydroxylation sites is 1. The lowest BCUT2D eigenvalue weighted by atomic mass is 10.2. The van der Waals surface area contributed by atoms with Gasteiger partial charge in [0.05, 0.1) is 18.2 Å². The Bertz CT molecular complexity index is 1130. The van der Waals surface area contributed by atoms with E-state index in [1.807, 2.05) is 60.7 Å². The van der Waals surface area contributed by atoms with Crippen LogP contribution in [0.2, 0.25) is 0 Å². The van der Waals surface area contributed by atoms with Crippen molar-refractivity contribution in [2.75, 3.05) is 10.6 Å². The Labute approximate surface area is 182 Å². The van der Waals surface area contributed by atoms with E-state index >= 15 is 0 Å². The normalized spacial score (nSPS) is 12.3. The molecule has 1 N–H and O–H groups in total. The predicted molar refractivity (Wildman–Crippen MR) is 122 cm³/mol. The van der Waals surface area contributed by atoms with E-state index in [2.05, 4.69) is 10.5 Å². The second-order valence-corrected chi connectivity index (χ2v) is 8.65. The lowest BCUT2D eigenvalue weighted by Gasteiger charge is -2.27. The van der Waals surface area contributed by atoms with E-state index in [0.29, 0.717) is 17.2 Å². The van der Waals surface area contributed by atoms with E-state index in [1.54, 1.807) is 24.3 Å².